The topological polar surface area (TPSA) is 95.0 Å². The second-order valence-corrected chi connectivity index (χ2v) is 26.8. The van der Waals surface area contributed by atoms with Gasteiger partial charge in [0.05, 0.1) is 35.4 Å². The highest BCUT2D eigenvalue weighted by Gasteiger charge is 2.48. The Bertz CT molecular complexity index is 1200. The summed E-state index contributed by atoms with van der Waals surface area (Å²) in [5, 5.41) is 14.3. The predicted octanol–water partition coefficient (Wildman–Crippen LogP) is 10.5. The first-order valence-corrected chi connectivity index (χ1v) is 25.8. The molecule has 0 spiro atoms. The van der Waals surface area contributed by atoms with Crippen molar-refractivity contribution in [3.63, 3.8) is 0 Å². The Morgan fingerprint density at radius 3 is 2.08 bits per heavy atom. The molecule has 2 heterocycles. The molecule has 1 aromatic heterocycles. The SMILES string of the molecule is CC[Si](CC)(CC)O[C@@H]1[C@@H](C)CCC[C@@H](O)[C@H](Br)CC(/C(C)=C/c2csc(C)n2)OC(=O)C[C@H](O[Si](CC)(CC)CC)C(C)(C)C(=O)[C@@H]1C. The molecule has 0 aliphatic carbocycles. The molecular weight excluding hydrogens is 735 g/mol. The number of aryl methyl sites for hydroxylation is 1. The lowest BCUT2D eigenvalue weighted by Crippen LogP contribution is -2.53. The first-order valence-electron chi connectivity index (χ1n) is 19.0. The summed E-state index contributed by atoms with van der Waals surface area (Å²) in [6.07, 6.45) is 2.54. The lowest BCUT2D eigenvalue weighted by molar-refractivity contribution is -0.153. The molecule has 282 valence electrons. The number of halogens is 1. The van der Waals surface area contributed by atoms with E-state index in [0.29, 0.717) is 12.8 Å². The molecule has 1 aliphatic rings. The number of ether oxygens (including phenoxy) is 1. The molecule has 0 aromatic carbocycles. The van der Waals surface area contributed by atoms with Crippen molar-refractivity contribution in [2.45, 2.75) is 181 Å². The minimum Gasteiger partial charge on any atom is -0.458 e. The number of esters is 1. The van der Waals surface area contributed by atoms with Gasteiger partial charge in [-0.25, -0.2) is 4.98 Å². The minimum atomic E-state index is -2.24. The highest BCUT2D eigenvalue weighted by Crippen LogP contribution is 2.40. The van der Waals surface area contributed by atoms with E-state index in [1.54, 1.807) is 11.3 Å². The lowest BCUT2D eigenvalue weighted by atomic mass is 9.73. The van der Waals surface area contributed by atoms with Crippen LogP contribution in [0.25, 0.3) is 6.08 Å². The number of nitrogens with zero attached hydrogens (tertiary/aromatic N) is 1. The summed E-state index contributed by atoms with van der Waals surface area (Å²) in [6, 6.07) is 5.74. The van der Waals surface area contributed by atoms with Gasteiger partial charge in [-0.15, -0.1) is 11.3 Å². The Morgan fingerprint density at radius 1 is 1.02 bits per heavy atom. The third-order valence-corrected chi connectivity index (χ3v) is 22.8. The first-order chi connectivity index (χ1) is 23.0. The van der Waals surface area contributed by atoms with E-state index >= 15 is 0 Å². The molecule has 0 bridgehead atoms. The van der Waals surface area contributed by atoms with Gasteiger partial charge in [0.15, 0.2) is 16.6 Å². The number of Topliss-reactive ketones (excluding diaryl/α,β-unsaturated/α-hetero) is 1. The van der Waals surface area contributed by atoms with Crippen LogP contribution < -0.4 is 0 Å². The molecule has 7 atom stereocenters. The molecular formula is C38H68BrNO6SSi2. The summed E-state index contributed by atoms with van der Waals surface area (Å²) in [5.74, 6) is -0.572. The van der Waals surface area contributed by atoms with Crippen LogP contribution in [0.15, 0.2) is 11.0 Å². The van der Waals surface area contributed by atoms with E-state index in [9.17, 15) is 14.7 Å². The van der Waals surface area contributed by atoms with Crippen LogP contribution in [-0.4, -0.2) is 67.7 Å². The monoisotopic (exact) mass is 801 g/mol. The third-order valence-electron chi connectivity index (χ3n) is 11.7. The predicted molar refractivity (Wildman–Crippen MR) is 213 cm³/mol. The standard InChI is InChI=1S/C38H68BrNO6SSi2/c1-13-48(14-2,15-3)45-34-24-35(42)44-33(27(8)22-30-25-47-29(10)40-30)23-31(39)32(41)21-19-20-26(7)36(28(9)37(43)38(34,11)12)46-49(16-4,17-5)18-6/h22,25-26,28,31-34,36,41H,13-21,23-24H2,1-12H3/b27-22+/t26-,28+,31+,32+,33?,34-,36+/m0/s1. The Labute approximate surface area is 313 Å². The maximum atomic E-state index is 14.9. The molecule has 1 unspecified atom stereocenters. The summed E-state index contributed by atoms with van der Waals surface area (Å²) in [6.45, 7) is 25.3. The lowest BCUT2D eigenvalue weighted by Gasteiger charge is -2.44. The number of aliphatic hydroxyl groups excluding tert-OH is 1. The van der Waals surface area contributed by atoms with Crippen molar-refractivity contribution in [2.75, 3.05) is 0 Å². The first kappa shape index (κ1) is 44.5. The number of hydrogen-bond acceptors (Lipinski definition) is 8. The van der Waals surface area contributed by atoms with Crippen LogP contribution in [0, 0.1) is 24.2 Å². The molecule has 2 rings (SSSR count). The Hall–Kier alpha value is -0.696. The third kappa shape index (κ3) is 11.9. The molecule has 7 nitrogen and oxygen atoms in total. The van der Waals surface area contributed by atoms with Gasteiger partial charge in [0.25, 0.3) is 0 Å². The van der Waals surface area contributed by atoms with E-state index in [1.807, 2.05) is 46.1 Å². The van der Waals surface area contributed by atoms with Crippen molar-refractivity contribution in [3.05, 3.63) is 21.7 Å². The van der Waals surface area contributed by atoms with Crippen LogP contribution in [0.5, 0.6) is 0 Å². The molecule has 0 amide bonds. The van der Waals surface area contributed by atoms with Gasteiger partial charge < -0.3 is 18.7 Å². The number of aliphatic hydroxyl groups is 1. The minimum absolute atomic E-state index is 0.0199. The van der Waals surface area contributed by atoms with Gasteiger partial charge in [0, 0.05) is 28.0 Å². The molecule has 1 aliphatic heterocycles. The van der Waals surface area contributed by atoms with Crippen LogP contribution >= 0.6 is 27.3 Å². The van der Waals surface area contributed by atoms with Gasteiger partial charge in [-0.2, -0.15) is 0 Å². The van der Waals surface area contributed by atoms with Crippen molar-refractivity contribution in [1.82, 2.24) is 4.98 Å². The Kier molecular flexibility index (Phi) is 18.1. The van der Waals surface area contributed by atoms with Crippen molar-refractivity contribution in [1.29, 1.82) is 0 Å². The summed E-state index contributed by atoms with van der Waals surface area (Å²) in [4.78, 5) is 33.2. The fraction of sp³-hybridized carbons (Fsp3) is 0.816. The molecule has 11 heteroatoms. The van der Waals surface area contributed by atoms with Crippen LogP contribution in [0.2, 0.25) is 36.3 Å². The van der Waals surface area contributed by atoms with E-state index < -0.39 is 46.3 Å². The normalized spacial score (nSPS) is 28.8. The van der Waals surface area contributed by atoms with Gasteiger partial charge in [0.2, 0.25) is 0 Å². The van der Waals surface area contributed by atoms with E-state index in [1.165, 1.54) is 0 Å². The molecule has 0 saturated carbocycles. The number of carbonyl (C=O) groups excluding carboxylic acids is 2. The summed E-state index contributed by atoms with van der Waals surface area (Å²) in [5.41, 5.74) is 0.741. The second kappa shape index (κ2) is 19.9. The largest absolute Gasteiger partial charge is 0.458 e. The highest BCUT2D eigenvalue weighted by atomic mass is 79.9. The van der Waals surface area contributed by atoms with Crippen molar-refractivity contribution in [2.24, 2.45) is 17.3 Å². The quantitative estimate of drug-likeness (QED) is 0.128. The van der Waals surface area contributed by atoms with Crippen LogP contribution in [0.3, 0.4) is 0 Å². The van der Waals surface area contributed by atoms with Crippen LogP contribution in [0.1, 0.15) is 119 Å². The zero-order valence-corrected chi connectivity index (χ0v) is 37.1. The molecule has 1 saturated heterocycles. The van der Waals surface area contributed by atoms with Gasteiger partial charge >= 0.3 is 5.97 Å². The number of rotatable bonds is 12. The van der Waals surface area contributed by atoms with E-state index in [0.717, 1.165) is 65.4 Å². The highest BCUT2D eigenvalue weighted by molar-refractivity contribution is 9.09. The molecule has 1 fully saturated rings. The van der Waals surface area contributed by atoms with E-state index in [-0.39, 0.29) is 35.0 Å². The number of hydrogen-bond donors (Lipinski definition) is 1. The Morgan fingerprint density at radius 2 is 1.57 bits per heavy atom. The number of ketones is 1. The van der Waals surface area contributed by atoms with Gasteiger partial charge in [-0.05, 0) is 80.5 Å². The van der Waals surface area contributed by atoms with Crippen molar-refractivity contribution in [3.8, 4) is 0 Å². The van der Waals surface area contributed by atoms with Crippen molar-refractivity contribution >= 4 is 61.7 Å². The fourth-order valence-corrected chi connectivity index (χ4v) is 14.6. The average molecular weight is 803 g/mol. The molecule has 49 heavy (non-hydrogen) atoms. The molecule has 0 radical (unpaired) electrons. The van der Waals surface area contributed by atoms with Crippen molar-refractivity contribution < 1.29 is 28.3 Å². The maximum absolute atomic E-state index is 14.9. The summed E-state index contributed by atoms with van der Waals surface area (Å²) >= 11 is 5.35. The average Bonchev–Trinajstić information content (AvgIpc) is 3.49. The number of alkyl halides is 1. The molecule has 1 aromatic rings. The fourth-order valence-electron chi connectivity index (χ4n) is 7.45. The number of thiazole rings is 1. The summed E-state index contributed by atoms with van der Waals surface area (Å²) < 4.78 is 20.6. The number of carbonyl (C=O) groups is 2. The van der Waals surface area contributed by atoms with Gasteiger partial charge in [-0.1, -0.05) is 91.6 Å². The van der Waals surface area contributed by atoms with Crippen LogP contribution in [-0.2, 0) is 23.2 Å². The second-order valence-electron chi connectivity index (χ2n) is 15.1. The molecule has 1 N–H and O–H groups in total. The summed E-state index contributed by atoms with van der Waals surface area (Å²) in [7, 11) is -4.29. The van der Waals surface area contributed by atoms with E-state index in [4.69, 9.17) is 13.6 Å². The van der Waals surface area contributed by atoms with Crippen LogP contribution in [0.4, 0.5) is 0 Å². The maximum Gasteiger partial charge on any atom is 0.309 e. The van der Waals surface area contributed by atoms with Gasteiger partial charge in [-0.3, -0.25) is 9.59 Å². The Balaban J connectivity index is 2.66. The zero-order valence-electron chi connectivity index (χ0n) is 32.7. The van der Waals surface area contributed by atoms with Gasteiger partial charge in [0.1, 0.15) is 11.9 Å². The zero-order chi connectivity index (χ0) is 37.2. The smallest absolute Gasteiger partial charge is 0.309 e. The number of cyclic esters (lactones) is 1. The number of aromatic nitrogens is 1. The van der Waals surface area contributed by atoms with E-state index in [2.05, 4.69) is 69.4 Å².